The van der Waals surface area contributed by atoms with Gasteiger partial charge in [0.25, 0.3) is 5.91 Å². The molecule has 2 aromatic rings. The number of benzene rings is 1. The lowest BCUT2D eigenvalue weighted by molar-refractivity contribution is -0.0503. The van der Waals surface area contributed by atoms with Gasteiger partial charge in [0.15, 0.2) is 10.3 Å². The minimum absolute atomic E-state index is 0.0193. The van der Waals surface area contributed by atoms with Crippen LogP contribution in [0.25, 0.3) is 0 Å². The van der Waals surface area contributed by atoms with Crippen molar-refractivity contribution in [2.24, 2.45) is 0 Å². The van der Waals surface area contributed by atoms with Gasteiger partial charge in [0.1, 0.15) is 16.3 Å². The van der Waals surface area contributed by atoms with Gasteiger partial charge in [-0.2, -0.15) is 0 Å². The molecule has 1 N–H and O–H groups in total. The standard InChI is InChI=1S/C22H30ClFN4O3S/c1-13-11-15(24)10-9-14(13)12-28(27(8)21(2,3)4)18(29)16-17(23)25-19(32-16)26-20(30)31-22(5,6)7/h9-11H,12H2,1-8H3,(H,25,26,30). The van der Waals surface area contributed by atoms with Crippen LogP contribution in [0.2, 0.25) is 5.15 Å². The maximum Gasteiger partial charge on any atom is 0.413 e. The van der Waals surface area contributed by atoms with E-state index in [1.165, 1.54) is 17.1 Å². The number of rotatable bonds is 5. The summed E-state index contributed by atoms with van der Waals surface area (Å²) in [6, 6.07) is 4.45. The molecule has 1 heterocycles. The molecule has 0 bridgehead atoms. The summed E-state index contributed by atoms with van der Waals surface area (Å²) in [5, 5.41) is 5.99. The van der Waals surface area contributed by atoms with Crippen molar-refractivity contribution in [3.05, 3.63) is 45.2 Å². The molecule has 7 nitrogen and oxygen atoms in total. The summed E-state index contributed by atoms with van der Waals surface area (Å²) in [5.74, 6) is -0.720. The van der Waals surface area contributed by atoms with Gasteiger partial charge in [-0.3, -0.25) is 15.1 Å². The second-order valence-electron chi connectivity index (χ2n) is 9.39. The van der Waals surface area contributed by atoms with E-state index in [0.717, 1.165) is 22.5 Å². The van der Waals surface area contributed by atoms with Gasteiger partial charge in [0.2, 0.25) is 0 Å². The SMILES string of the molecule is Cc1cc(F)ccc1CN(C(=O)c1sc(NC(=O)OC(C)(C)C)nc1Cl)N(C)C(C)(C)C. The predicted molar refractivity (Wildman–Crippen MR) is 126 cm³/mol. The van der Waals surface area contributed by atoms with Gasteiger partial charge in [-0.15, -0.1) is 0 Å². The number of amides is 2. The number of carbonyl (C=O) groups excluding carboxylic acids is 2. The Labute approximate surface area is 197 Å². The summed E-state index contributed by atoms with van der Waals surface area (Å²) in [5.41, 5.74) is 0.456. The molecule has 2 amide bonds. The van der Waals surface area contributed by atoms with Crippen molar-refractivity contribution in [1.82, 2.24) is 15.0 Å². The highest BCUT2D eigenvalue weighted by molar-refractivity contribution is 7.18. The van der Waals surface area contributed by atoms with Crippen molar-refractivity contribution in [2.75, 3.05) is 12.4 Å². The Morgan fingerprint density at radius 3 is 2.38 bits per heavy atom. The summed E-state index contributed by atoms with van der Waals surface area (Å²) in [6.07, 6.45) is -0.687. The maximum atomic E-state index is 13.6. The third-order valence-corrected chi connectivity index (χ3v) is 5.92. The molecule has 1 aromatic carbocycles. The quantitative estimate of drug-likeness (QED) is 0.536. The van der Waals surface area contributed by atoms with E-state index in [1.807, 2.05) is 20.8 Å². The maximum absolute atomic E-state index is 13.6. The van der Waals surface area contributed by atoms with Gasteiger partial charge in [-0.25, -0.2) is 19.2 Å². The Balaban J connectivity index is 2.35. The number of aromatic nitrogens is 1. The van der Waals surface area contributed by atoms with Crippen LogP contribution >= 0.6 is 22.9 Å². The van der Waals surface area contributed by atoms with Gasteiger partial charge in [0.05, 0.1) is 6.54 Å². The number of carbonyl (C=O) groups is 2. The lowest BCUT2D eigenvalue weighted by Gasteiger charge is -2.41. The second kappa shape index (κ2) is 9.72. The van der Waals surface area contributed by atoms with Crippen molar-refractivity contribution in [3.8, 4) is 0 Å². The van der Waals surface area contributed by atoms with E-state index in [-0.39, 0.29) is 33.4 Å². The Morgan fingerprint density at radius 1 is 1.22 bits per heavy atom. The normalized spacial score (nSPS) is 12.1. The fourth-order valence-electron chi connectivity index (χ4n) is 2.67. The number of nitrogens with one attached hydrogen (secondary N) is 1. The van der Waals surface area contributed by atoms with Crippen molar-refractivity contribution >= 4 is 40.1 Å². The summed E-state index contributed by atoms with van der Waals surface area (Å²) in [4.78, 5) is 29.8. The minimum atomic E-state index is -0.687. The second-order valence-corrected chi connectivity index (χ2v) is 10.8. The van der Waals surface area contributed by atoms with Crippen LogP contribution in [0.3, 0.4) is 0 Å². The smallest absolute Gasteiger partial charge is 0.413 e. The number of hydrazine groups is 1. The highest BCUT2D eigenvalue weighted by Crippen LogP contribution is 2.31. The molecule has 0 saturated carbocycles. The molecule has 0 spiro atoms. The first-order chi connectivity index (χ1) is 14.6. The number of thiazole rings is 1. The van der Waals surface area contributed by atoms with Crippen LogP contribution in [0.5, 0.6) is 0 Å². The number of halogens is 2. The van der Waals surface area contributed by atoms with Crippen LogP contribution in [-0.4, -0.2) is 45.2 Å². The summed E-state index contributed by atoms with van der Waals surface area (Å²) in [7, 11) is 1.80. The van der Waals surface area contributed by atoms with E-state index in [9.17, 15) is 14.0 Å². The summed E-state index contributed by atoms with van der Waals surface area (Å²) in [6.45, 7) is 13.1. The first-order valence-corrected chi connectivity index (χ1v) is 11.2. The van der Waals surface area contributed by atoms with Crippen molar-refractivity contribution < 1.29 is 18.7 Å². The Bertz CT molecular complexity index is 998. The van der Waals surface area contributed by atoms with Crippen LogP contribution in [0.1, 0.15) is 62.3 Å². The monoisotopic (exact) mass is 484 g/mol. The number of ether oxygens (including phenoxy) is 1. The number of aryl methyl sites for hydroxylation is 1. The van der Waals surface area contributed by atoms with Gasteiger partial charge >= 0.3 is 6.09 Å². The van der Waals surface area contributed by atoms with Crippen LogP contribution in [0.15, 0.2) is 18.2 Å². The minimum Gasteiger partial charge on any atom is -0.444 e. The lowest BCUT2D eigenvalue weighted by Crippen LogP contribution is -2.52. The molecule has 0 saturated heterocycles. The summed E-state index contributed by atoms with van der Waals surface area (Å²) >= 11 is 7.23. The molecule has 0 unspecified atom stereocenters. The molecule has 0 aliphatic rings. The van der Waals surface area contributed by atoms with E-state index in [0.29, 0.717) is 0 Å². The van der Waals surface area contributed by atoms with Gasteiger partial charge in [0, 0.05) is 12.6 Å². The van der Waals surface area contributed by atoms with Crippen LogP contribution < -0.4 is 5.32 Å². The molecule has 0 fully saturated rings. The first kappa shape index (κ1) is 26.0. The van der Waals surface area contributed by atoms with E-state index < -0.39 is 17.2 Å². The van der Waals surface area contributed by atoms with Crippen LogP contribution in [0.4, 0.5) is 14.3 Å². The Kier molecular flexibility index (Phi) is 7.91. The molecular formula is C22H30ClFN4O3S. The molecule has 0 atom stereocenters. The third kappa shape index (κ3) is 6.88. The zero-order chi connectivity index (χ0) is 24.4. The number of hydrogen-bond acceptors (Lipinski definition) is 6. The molecule has 0 aliphatic heterocycles. The average molecular weight is 485 g/mol. The fourth-order valence-corrected chi connectivity index (χ4v) is 3.79. The molecule has 2 rings (SSSR count). The molecule has 0 aliphatic carbocycles. The average Bonchev–Trinajstić information content (AvgIpc) is 2.97. The van der Waals surface area contributed by atoms with Crippen LogP contribution in [-0.2, 0) is 11.3 Å². The first-order valence-electron chi connectivity index (χ1n) is 10.1. The molecular weight excluding hydrogens is 455 g/mol. The largest absolute Gasteiger partial charge is 0.444 e. The van der Waals surface area contributed by atoms with E-state index >= 15 is 0 Å². The zero-order valence-electron chi connectivity index (χ0n) is 19.7. The number of nitrogens with zero attached hydrogens (tertiary/aromatic N) is 3. The van der Waals surface area contributed by atoms with Crippen molar-refractivity contribution in [1.29, 1.82) is 0 Å². The summed E-state index contributed by atoms with van der Waals surface area (Å²) < 4.78 is 18.8. The molecule has 0 radical (unpaired) electrons. The molecule has 176 valence electrons. The highest BCUT2D eigenvalue weighted by Gasteiger charge is 2.32. The number of hydrogen-bond donors (Lipinski definition) is 1. The fraction of sp³-hybridized carbons (Fsp3) is 0.500. The predicted octanol–water partition coefficient (Wildman–Crippen LogP) is 5.88. The van der Waals surface area contributed by atoms with Crippen molar-refractivity contribution in [3.63, 3.8) is 0 Å². The molecule has 32 heavy (non-hydrogen) atoms. The van der Waals surface area contributed by atoms with E-state index in [2.05, 4.69) is 10.3 Å². The van der Waals surface area contributed by atoms with E-state index in [1.54, 1.807) is 45.8 Å². The highest BCUT2D eigenvalue weighted by atomic mass is 35.5. The number of anilines is 1. The van der Waals surface area contributed by atoms with Crippen LogP contribution in [0, 0.1) is 12.7 Å². The zero-order valence-corrected chi connectivity index (χ0v) is 21.2. The molecule has 1 aromatic heterocycles. The van der Waals surface area contributed by atoms with Crippen molar-refractivity contribution in [2.45, 2.75) is 66.2 Å². The topological polar surface area (TPSA) is 74.8 Å². The lowest BCUT2D eigenvalue weighted by atomic mass is 10.1. The Morgan fingerprint density at radius 2 is 1.84 bits per heavy atom. The van der Waals surface area contributed by atoms with Gasteiger partial charge in [-0.05, 0) is 71.7 Å². The van der Waals surface area contributed by atoms with Gasteiger partial charge < -0.3 is 4.74 Å². The Hall–Kier alpha value is -2.23. The van der Waals surface area contributed by atoms with E-state index in [4.69, 9.17) is 16.3 Å². The third-order valence-electron chi connectivity index (χ3n) is 4.58. The molecule has 10 heteroatoms. The van der Waals surface area contributed by atoms with Gasteiger partial charge in [-0.1, -0.05) is 29.0 Å².